The first-order valence-corrected chi connectivity index (χ1v) is 5.21. The van der Waals surface area contributed by atoms with Crippen molar-refractivity contribution >= 4 is 11.7 Å². The van der Waals surface area contributed by atoms with Gasteiger partial charge in [-0.2, -0.15) is 0 Å². The molecule has 0 aliphatic rings. The SMILES string of the molecule is CC(C)C(C)OC(=O)c1cc(N)ccc1O. The number of anilines is 1. The molecule has 1 atom stereocenters. The van der Waals surface area contributed by atoms with Crippen molar-refractivity contribution in [3.05, 3.63) is 23.8 Å². The van der Waals surface area contributed by atoms with Gasteiger partial charge in [-0.05, 0) is 31.0 Å². The molecular formula is C12H17NO3. The molecule has 88 valence electrons. The van der Waals surface area contributed by atoms with Gasteiger partial charge in [0.25, 0.3) is 0 Å². The zero-order chi connectivity index (χ0) is 12.3. The van der Waals surface area contributed by atoms with Gasteiger partial charge in [0.2, 0.25) is 0 Å². The number of nitrogen functional groups attached to an aromatic ring is 1. The summed E-state index contributed by atoms with van der Waals surface area (Å²) in [5.74, 6) is -0.437. The first-order valence-electron chi connectivity index (χ1n) is 5.21. The van der Waals surface area contributed by atoms with Crippen LogP contribution in [0.15, 0.2) is 18.2 Å². The standard InChI is InChI=1S/C12H17NO3/c1-7(2)8(3)16-12(15)10-6-9(13)4-5-11(10)14/h4-8,14H,13H2,1-3H3. The number of hydrogen-bond acceptors (Lipinski definition) is 4. The fourth-order valence-corrected chi connectivity index (χ4v) is 1.09. The molecule has 1 unspecified atom stereocenters. The summed E-state index contributed by atoms with van der Waals surface area (Å²) in [5, 5.41) is 9.50. The van der Waals surface area contributed by atoms with Crippen LogP contribution in [0.4, 0.5) is 5.69 Å². The van der Waals surface area contributed by atoms with Gasteiger partial charge in [0.1, 0.15) is 17.4 Å². The molecule has 0 aromatic heterocycles. The number of carbonyl (C=O) groups is 1. The number of hydrogen-bond donors (Lipinski definition) is 2. The molecule has 0 radical (unpaired) electrons. The Morgan fingerprint density at radius 1 is 1.38 bits per heavy atom. The first kappa shape index (κ1) is 12.4. The summed E-state index contributed by atoms with van der Waals surface area (Å²) >= 11 is 0. The molecular weight excluding hydrogens is 206 g/mol. The average molecular weight is 223 g/mol. The van der Waals surface area contributed by atoms with Crippen molar-refractivity contribution in [1.82, 2.24) is 0 Å². The van der Waals surface area contributed by atoms with E-state index in [-0.39, 0.29) is 23.3 Å². The van der Waals surface area contributed by atoms with E-state index in [0.29, 0.717) is 5.69 Å². The van der Waals surface area contributed by atoms with Crippen LogP contribution in [0.25, 0.3) is 0 Å². The van der Waals surface area contributed by atoms with Crippen molar-refractivity contribution in [2.24, 2.45) is 5.92 Å². The predicted octanol–water partition coefficient (Wildman–Crippen LogP) is 2.18. The lowest BCUT2D eigenvalue weighted by Crippen LogP contribution is -2.20. The van der Waals surface area contributed by atoms with Crippen molar-refractivity contribution in [1.29, 1.82) is 0 Å². The van der Waals surface area contributed by atoms with Crippen LogP contribution in [0.2, 0.25) is 0 Å². The molecule has 0 spiro atoms. The van der Waals surface area contributed by atoms with E-state index in [2.05, 4.69) is 0 Å². The number of rotatable bonds is 3. The Bertz CT molecular complexity index is 388. The molecule has 4 nitrogen and oxygen atoms in total. The highest BCUT2D eigenvalue weighted by atomic mass is 16.5. The number of nitrogens with two attached hydrogens (primary N) is 1. The van der Waals surface area contributed by atoms with E-state index in [4.69, 9.17) is 10.5 Å². The monoisotopic (exact) mass is 223 g/mol. The van der Waals surface area contributed by atoms with E-state index in [1.54, 1.807) is 0 Å². The number of carbonyl (C=O) groups excluding carboxylic acids is 1. The predicted molar refractivity (Wildman–Crippen MR) is 62.2 cm³/mol. The summed E-state index contributed by atoms with van der Waals surface area (Å²) in [4.78, 5) is 11.7. The second-order valence-corrected chi connectivity index (χ2v) is 4.13. The smallest absolute Gasteiger partial charge is 0.342 e. The summed E-state index contributed by atoms with van der Waals surface area (Å²) in [7, 11) is 0. The van der Waals surface area contributed by atoms with Crippen LogP contribution >= 0.6 is 0 Å². The molecule has 1 rings (SSSR count). The Hall–Kier alpha value is -1.71. The highest BCUT2D eigenvalue weighted by Crippen LogP contribution is 2.21. The number of phenolic OH excluding ortho intramolecular Hbond substituents is 1. The average Bonchev–Trinajstić information content (AvgIpc) is 2.21. The molecule has 0 aliphatic heterocycles. The molecule has 16 heavy (non-hydrogen) atoms. The summed E-state index contributed by atoms with van der Waals surface area (Å²) in [5.41, 5.74) is 6.06. The summed E-state index contributed by atoms with van der Waals surface area (Å²) in [6, 6.07) is 4.31. The van der Waals surface area contributed by atoms with E-state index in [9.17, 15) is 9.90 Å². The van der Waals surface area contributed by atoms with Crippen molar-refractivity contribution in [3.63, 3.8) is 0 Å². The molecule has 4 heteroatoms. The van der Waals surface area contributed by atoms with E-state index in [0.717, 1.165) is 0 Å². The van der Waals surface area contributed by atoms with Gasteiger partial charge >= 0.3 is 5.97 Å². The van der Waals surface area contributed by atoms with Crippen LogP contribution in [0, 0.1) is 5.92 Å². The Labute approximate surface area is 95.0 Å². The van der Waals surface area contributed by atoms with Gasteiger partial charge in [0, 0.05) is 5.69 Å². The fraction of sp³-hybridized carbons (Fsp3) is 0.417. The number of ether oxygens (including phenoxy) is 1. The Morgan fingerprint density at radius 2 is 2.00 bits per heavy atom. The third-order valence-corrected chi connectivity index (χ3v) is 2.47. The number of benzene rings is 1. The molecule has 0 saturated heterocycles. The fourth-order valence-electron chi connectivity index (χ4n) is 1.09. The highest BCUT2D eigenvalue weighted by molar-refractivity contribution is 5.93. The van der Waals surface area contributed by atoms with Crippen molar-refractivity contribution in [2.75, 3.05) is 5.73 Å². The zero-order valence-electron chi connectivity index (χ0n) is 9.73. The number of aromatic hydroxyl groups is 1. The summed E-state index contributed by atoms with van der Waals surface area (Å²) in [6.07, 6.45) is -0.201. The van der Waals surface area contributed by atoms with E-state index < -0.39 is 5.97 Å². The van der Waals surface area contributed by atoms with Crippen molar-refractivity contribution in [2.45, 2.75) is 26.9 Å². The Balaban J connectivity index is 2.84. The second kappa shape index (κ2) is 4.88. The second-order valence-electron chi connectivity index (χ2n) is 4.13. The van der Waals surface area contributed by atoms with Gasteiger partial charge in [-0.1, -0.05) is 13.8 Å². The maximum atomic E-state index is 11.7. The number of esters is 1. The minimum Gasteiger partial charge on any atom is -0.507 e. The molecule has 0 aliphatic carbocycles. The largest absolute Gasteiger partial charge is 0.507 e. The summed E-state index contributed by atoms with van der Waals surface area (Å²) in [6.45, 7) is 5.72. The van der Waals surface area contributed by atoms with Gasteiger partial charge in [0.15, 0.2) is 0 Å². The molecule has 0 fully saturated rings. The first-order chi connectivity index (χ1) is 7.41. The van der Waals surface area contributed by atoms with Crippen LogP contribution in [0.1, 0.15) is 31.1 Å². The van der Waals surface area contributed by atoms with Crippen LogP contribution in [-0.4, -0.2) is 17.2 Å². The van der Waals surface area contributed by atoms with Crippen LogP contribution in [0.5, 0.6) is 5.75 Å². The van der Waals surface area contributed by atoms with Gasteiger partial charge in [-0.15, -0.1) is 0 Å². The van der Waals surface area contributed by atoms with E-state index in [1.807, 2.05) is 20.8 Å². The highest BCUT2D eigenvalue weighted by Gasteiger charge is 2.17. The third kappa shape index (κ3) is 2.89. The molecule has 3 N–H and O–H groups in total. The van der Waals surface area contributed by atoms with Gasteiger partial charge in [0.05, 0.1) is 0 Å². The van der Waals surface area contributed by atoms with E-state index in [1.165, 1.54) is 18.2 Å². The van der Waals surface area contributed by atoms with Crippen molar-refractivity contribution in [3.8, 4) is 5.75 Å². The quantitative estimate of drug-likeness (QED) is 0.468. The van der Waals surface area contributed by atoms with Gasteiger partial charge in [-0.25, -0.2) is 4.79 Å². The maximum absolute atomic E-state index is 11.7. The van der Waals surface area contributed by atoms with E-state index >= 15 is 0 Å². The van der Waals surface area contributed by atoms with Crippen LogP contribution in [0.3, 0.4) is 0 Å². The lowest BCUT2D eigenvalue weighted by molar-refractivity contribution is 0.0235. The third-order valence-electron chi connectivity index (χ3n) is 2.47. The maximum Gasteiger partial charge on any atom is 0.342 e. The van der Waals surface area contributed by atoms with Gasteiger partial charge in [-0.3, -0.25) is 0 Å². The minimum atomic E-state index is -0.550. The molecule has 0 heterocycles. The Kier molecular flexibility index (Phi) is 3.77. The molecule has 0 amide bonds. The lowest BCUT2D eigenvalue weighted by Gasteiger charge is -2.17. The summed E-state index contributed by atoms with van der Waals surface area (Å²) < 4.78 is 5.18. The molecule has 0 bridgehead atoms. The van der Waals surface area contributed by atoms with Crippen molar-refractivity contribution < 1.29 is 14.6 Å². The topological polar surface area (TPSA) is 72.5 Å². The molecule has 1 aromatic rings. The Morgan fingerprint density at radius 3 is 2.56 bits per heavy atom. The lowest BCUT2D eigenvalue weighted by atomic mass is 10.1. The van der Waals surface area contributed by atoms with Gasteiger partial charge < -0.3 is 15.6 Å². The minimum absolute atomic E-state index is 0.104. The zero-order valence-corrected chi connectivity index (χ0v) is 9.73. The van der Waals surface area contributed by atoms with Crippen LogP contribution < -0.4 is 5.73 Å². The molecule has 0 saturated carbocycles. The normalized spacial score (nSPS) is 12.5. The number of phenols is 1. The molecule has 1 aromatic carbocycles. The van der Waals surface area contributed by atoms with Crippen LogP contribution in [-0.2, 0) is 4.74 Å².